The van der Waals surface area contributed by atoms with E-state index in [2.05, 4.69) is 39.2 Å². The van der Waals surface area contributed by atoms with Gasteiger partial charge in [-0.1, -0.05) is 18.2 Å². The molecular weight excluding hydrogens is 332 g/mol. The predicted molar refractivity (Wildman–Crippen MR) is 97.4 cm³/mol. The zero-order valence-electron chi connectivity index (χ0n) is 14.3. The lowest BCUT2D eigenvalue weighted by Crippen LogP contribution is -2.13. The third kappa shape index (κ3) is 2.77. The molecule has 1 N–H and O–H groups in total. The Morgan fingerprint density at radius 2 is 2.04 bits per heavy atom. The fourth-order valence-corrected chi connectivity index (χ4v) is 3.24. The van der Waals surface area contributed by atoms with Crippen LogP contribution in [0.3, 0.4) is 0 Å². The van der Waals surface area contributed by atoms with Crippen LogP contribution in [0.4, 0.5) is 0 Å². The van der Waals surface area contributed by atoms with Gasteiger partial charge in [-0.25, -0.2) is 9.89 Å². The Balaban J connectivity index is 1.57. The van der Waals surface area contributed by atoms with Gasteiger partial charge < -0.3 is 13.9 Å². The second kappa shape index (κ2) is 6.51. The van der Waals surface area contributed by atoms with E-state index in [0.717, 1.165) is 13.0 Å². The third-order valence-corrected chi connectivity index (χ3v) is 4.51. The van der Waals surface area contributed by atoms with E-state index in [1.165, 1.54) is 18.0 Å². The summed E-state index contributed by atoms with van der Waals surface area (Å²) >= 11 is 0. The molecule has 4 rings (SSSR count). The number of nitrogens with one attached hydrogen (secondary N) is 1. The Morgan fingerprint density at radius 3 is 2.88 bits per heavy atom. The third-order valence-electron chi connectivity index (χ3n) is 4.51. The molecule has 0 saturated carbocycles. The van der Waals surface area contributed by atoms with Gasteiger partial charge in [0.15, 0.2) is 0 Å². The first-order valence-electron chi connectivity index (χ1n) is 8.38. The second-order valence-corrected chi connectivity index (χ2v) is 6.14. The lowest BCUT2D eigenvalue weighted by Gasteiger charge is -2.12. The molecule has 2 aromatic rings. The summed E-state index contributed by atoms with van der Waals surface area (Å²) in [5.74, 6) is -0.507. The van der Waals surface area contributed by atoms with Crippen molar-refractivity contribution in [3.8, 4) is 11.3 Å². The van der Waals surface area contributed by atoms with Crippen molar-refractivity contribution in [2.24, 2.45) is 0 Å². The Morgan fingerprint density at radius 1 is 1.19 bits per heavy atom. The Kier molecular flexibility index (Phi) is 4.04. The molecule has 2 aliphatic rings. The van der Waals surface area contributed by atoms with Gasteiger partial charge in [0.25, 0.3) is 5.56 Å². The van der Waals surface area contributed by atoms with Gasteiger partial charge in [0.2, 0.25) is 0 Å². The van der Waals surface area contributed by atoms with E-state index in [0.29, 0.717) is 17.8 Å². The molecule has 0 spiro atoms. The van der Waals surface area contributed by atoms with Crippen LogP contribution in [-0.2, 0) is 17.8 Å². The van der Waals surface area contributed by atoms with Crippen LogP contribution in [0.5, 0.6) is 0 Å². The molecule has 0 atom stereocenters. The summed E-state index contributed by atoms with van der Waals surface area (Å²) in [5, 5.41) is 7.53. The molecule has 7 nitrogen and oxygen atoms in total. The number of H-pyrrole nitrogens is 1. The minimum atomic E-state index is -0.507. The number of esters is 1. The molecular formula is C19H18N4O3. The average Bonchev–Trinajstić information content (AvgIpc) is 3.25. The quantitative estimate of drug-likeness (QED) is 0.561. The SMILES string of the molecule is COC(=O)c1cn(CCCn2ccc3ccccc32)cc2c(=O)[nH]nc1-2. The van der Waals surface area contributed by atoms with Crippen LogP contribution in [-0.4, -0.2) is 32.4 Å². The molecule has 0 saturated heterocycles. The molecule has 0 bridgehead atoms. The zero-order chi connectivity index (χ0) is 18.1. The maximum absolute atomic E-state index is 12.0. The number of rotatable bonds is 5. The van der Waals surface area contributed by atoms with Crippen LogP contribution in [0.1, 0.15) is 16.8 Å². The standard InChI is InChI=1S/C19H18N4O3/c1-26-19(25)15-12-22(11-14-17(15)20-21-18(14)24)8-4-9-23-10-7-13-5-2-3-6-16(13)23/h2-3,5-7,10-12H,4,8-9H2,1H3,(H,21,24). The number of fused-ring (bicyclic) bond motifs is 2. The molecule has 0 aliphatic carbocycles. The highest BCUT2D eigenvalue weighted by Gasteiger charge is 2.21. The second-order valence-electron chi connectivity index (χ2n) is 6.14. The van der Waals surface area contributed by atoms with Crippen molar-refractivity contribution in [3.05, 3.63) is 64.8 Å². The average molecular weight is 350 g/mol. The summed E-state index contributed by atoms with van der Waals surface area (Å²) in [6.07, 6.45) is 6.33. The van der Waals surface area contributed by atoms with E-state index in [4.69, 9.17) is 4.74 Å². The number of aryl methyl sites for hydroxylation is 2. The van der Waals surface area contributed by atoms with Gasteiger partial charge >= 0.3 is 5.97 Å². The number of pyridine rings is 1. The molecule has 0 unspecified atom stereocenters. The number of nitrogens with zero attached hydrogens (tertiary/aromatic N) is 3. The summed E-state index contributed by atoms with van der Waals surface area (Å²) in [6, 6.07) is 10.3. The smallest absolute Gasteiger partial charge is 0.341 e. The fraction of sp³-hybridized carbons (Fsp3) is 0.211. The lowest BCUT2D eigenvalue weighted by molar-refractivity contribution is 0.0600. The highest BCUT2D eigenvalue weighted by atomic mass is 16.5. The number of aromatic amines is 1. The Labute approximate surface area is 149 Å². The molecule has 3 heterocycles. The van der Waals surface area contributed by atoms with Crippen molar-refractivity contribution in [1.82, 2.24) is 19.3 Å². The first-order chi connectivity index (χ1) is 12.7. The maximum Gasteiger partial charge on any atom is 0.341 e. The van der Waals surface area contributed by atoms with Crippen molar-refractivity contribution < 1.29 is 9.53 Å². The normalized spacial score (nSPS) is 11.3. The molecule has 0 radical (unpaired) electrons. The van der Waals surface area contributed by atoms with Gasteiger partial charge in [-0.15, -0.1) is 0 Å². The van der Waals surface area contributed by atoms with Crippen LogP contribution in [0, 0.1) is 0 Å². The lowest BCUT2D eigenvalue weighted by atomic mass is 10.1. The topological polar surface area (TPSA) is 81.9 Å². The van der Waals surface area contributed by atoms with Crippen LogP contribution in [0.2, 0.25) is 0 Å². The van der Waals surface area contributed by atoms with Crippen LogP contribution in [0.15, 0.2) is 53.7 Å². The number of ether oxygens (including phenoxy) is 1. The first kappa shape index (κ1) is 16.1. The van der Waals surface area contributed by atoms with E-state index < -0.39 is 5.97 Å². The van der Waals surface area contributed by atoms with E-state index in [9.17, 15) is 9.59 Å². The van der Waals surface area contributed by atoms with Crippen molar-refractivity contribution in [3.63, 3.8) is 0 Å². The molecule has 26 heavy (non-hydrogen) atoms. The molecule has 0 fully saturated rings. The van der Waals surface area contributed by atoms with Crippen molar-refractivity contribution >= 4 is 16.9 Å². The Bertz CT molecular complexity index is 1110. The van der Waals surface area contributed by atoms with Gasteiger partial charge in [0, 0.05) is 37.2 Å². The molecule has 7 heteroatoms. The number of hydrogen-bond donors (Lipinski definition) is 1. The van der Waals surface area contributed by atoms with Gasteiger partial charge in [-0.05, 0) is 23.9 Å². The number of benzene rings is 1. The summed E-state index contributed by atoms with van der Waals surface area (Å²) in [5.41, 5.74) is 1.90. The summed E-state index contributed by atoms with van der Waals surface area (Å²) in [6.45, 7) is 1.50. The Hall–Kier alpha value is -3.35. The number of aromatic nitrogens is 4. The minimum Gasteiger partial charge on any atom is -0.465 e. The number of carbonyl (C=O) groups is 1. The van der Waals surface area contributed by atoms with E-state index >= 15 is 0 Å². The van der Waals surface area contributed by atoms with Gasteiger partial charge in [-0.3, -0.25) is 4.79 Å². The molecule has 0 amide bonds. The fourth-order valence-electron chi connectivity index (χ4n) is 3.24. The van der Waals surface area contributed by atoms with E-state index in [1.54, 1.807) is 12.4 Å². The number of methoxy groups -OCH3 is 1. The zero-order valence-corrected chi connectivity index (χ0v) is 14.3. The van der Waals surface area contributed by atoms with E-state index in [-0.39, 0.29) is 11.1 Å². The van der Waals surface area contributed by atoms with Crippen molar-refractivity contribution in [2.75, 3.05) is 7.11 Å². The minimum absolute atomic E-state index is 0.287. The highest BCUT2D eigenvalue weighted by Crippen LogP contribution is 2.21. The maximum atomic E-state index is 12.0. The highest BCUT2D eigenvalue weighted by molar-refractivity contribution is 5.95. The van der Waals surface area contributed by atoms with Crippen LogP contribution in [0.25, 0.3) is 22.2 Å². The largest absolute Gasteiger partial charge is 0.465 e. The van der Waals surface area contributed by atoms with Gasteiger partial charge in [0.1, 0.15) is 11.3 Å². The molecule has 2 aliphatic heterocycles. The van der Waals surface area contributed by atoms with Crippen LogP contribution >= 0.6 is 0 Å². The monoisotopic (exact) mass is 350 g/mol. The van der Waals surface area contributed by atoms with Gasteiger partial charge in [0.05, 0.1) is 12.7 Å². The number of carbonyl (C=O) groups excluding carboxylic acids is 1. The predicted octanol–water partition coefficient (Wildman–Crippen LogP) is 2.51. The van der Waals surface area contributed by atoms with Crippen LogP contribution < -0.4 is 5.56 Å². The van der Waals surface area contributed by atoms with Crippen molar-refractivity contribution in [1.29, 1.82) is 0 Å². The summed E-state index contributed by atoms with van der Waals surface area (Å²) in [4.78, 5) is 23.9. The van der Waals surface area contributed by atoms with Crippen molar-refractivity contribution in [2.45, 2.75) is 19.5 Å². The molecule has 1 aromatic carbocycles. The first-order valence-corrected chi connectivity index (χ1v) is 8.38. The van der Waals surface area contributed by atoms with Gasteiger partial charge in [-0.2, -0.15) is 5.10 Å². The number of hydrogen-bond acceptors (Lipinski definition) is 4. The molecule has 132 valence electrons. The molecule has 1 aromatic heterocycles. The van der Waals surface area contributed by atoms with E-state index in [1.807, 2.05) is 16.7 Å². The number of para-hydroxylation sites is 1. The summed E-state index contributed by atoms with van der Waals surface area (Å²) in [7, 11) is 1.31. The summed E-state index contributed by atoms with van der Waals surface area (Å²) < 4.78 is 8.85.